The van der Waals surface area contributed by atoms with Gasteiger partial charge in [0.1, 0.15) is 0 Å². The second-order valence-corrected chi connectivity index (χ2v) is 11.7. The van der Waals surface area contributed by atoms with Gasteiger partial charge in [-0.3, -0.25) is 9.59 Å². The average molecular weight is 412 g/mol. The Bertz CT molecular complexity index is 700. The van der Waals surface area contributed by atoms with Gasteiger partial charge in [-0.15, -0.1) is 0 Å². The van der Waals surface area contributed by atoms with Crippen molar-refractivity contribution in [3.8, 4) is 0 Å². The summed E-state index contributed by atoms with van der Waals surface area (Å²) in [5.74, 6) is 2.31. The van der Waals surface area contributed by atoms with Crippen LogP contribution in [0.5, 0.6) is 0 Å². The van der Waals surface area contributed by atoms with E-state index in [1.807, 2.05) is 0 Å². The Kier molecular flexibility index (Phi) is 5.46. The Labute approximate surface area is 168 Å². The maximum atomic E-state index is 12.6. The van der Waals surface area contributed by atoms with E-state index in [1.54, 1.807) is 4.90 Å². The number of piperidine rings is 1. The van der Waals surface area contributed by atoms with Gasteiger partial charge in [-0.1, -0.05) is 0 Å². The molecule has 5 rings (SSSR count). The smallest absolute Gasteiger partial charge is 0.242 e. The predicted molar refractivity (Wildman–Crippen MR) is 106 cm³/mol. The van der Waals surface area contributed by atoms with Crippen LogP contribution in [0.1, 0.15) is 57.8 Å². The van der Waals surface area contributed by atoms with Gasteiger partial charge in [-0.2, -0.15) is 0 Å². The monoisotopic (exact) mass is 411 g/mol. The summed E-state index contributed by atoms with van der Waals surface area (Å²) in [6.45, 7) is 0.999. The van der Waals surface area contributed by atoms with Crippen LogP contribution in [-0.4, -0.2) is 57.1 Å². The fourth-order valence-corrected chi connectivity index (χ4v) is 7.60. The van der Waals surface area contributed by atoms with Crippen molar-refractivity contribution in [1.29, 1.82) is 0 Å². The number of hydrogen-bond donors (Lipinski definition) is 2. The molecule has 0 aromatic heterocycles. The van der Waals surface area contributed by atoms with Gasteiger partial charge in [0, 0.05) is 25.6 Å². The third-order valence-electron chi connectivity index (χ3n) is 7.29. The number of sulfonamides is 1. The van der Waals surface area contributed by atoms with Gasteiger partial charge >= 0.3 is 0 Å². The van der Waals surface area contributed by atoms with Crippen LogP contribution in [0.2, 0.25) is 0 Å². The van der Waals surface area contributed by atoms with E-state index in [2.05, 4.69) is 10.0 Å². The first-order valence-electron chi connectivity index (χ1n) is 10.7. The van der Waals surface area contributed by atoms with Gasteiger partial charge in [-0.05, 0) is 74.5 Å². The first kappa shape index (κ1) is 20.1. The second-order valence-electron chi connectivity index (χ2n) is 9.94. The largest absolute Gasteiger partial charge is 0.347 e. The topological polar surface area (TPSA) is 95.6 Å². The SMILES string of the molecule is CS(=O)(=O)NC1CCCN(C(=O)CNC(=O)CC23CC4CC(CC(C4)C2)C3)C1. The van der Waals surface area contributed by atoms with E-state index in [0.29, 0.717) is 19.5 Å². The van der Waals surface area contributed by atoms with Gasteiger partial charge in [0.15, 0.2) is 0 Å². The number of hydrogen-bond acceptors (Lipinski definition) is 4. The Hall–Kier alpha value is -1.15. The van der Waals surface area contributed by atoms with Crippen LogP contribution in [0.25, 0.3) is 0 Å². The summed E-state index contributed by atoms with van der Waals surface area (Å²) in [5.41, 5.74) is 0.178. The highest BCUT2D eigenvalue weighted by molar-refractivity contribution is 7.88. The fourth-order valence-electron chi connectivity index (χ4n) is 6.80. The van der Waals surface area contributed by atoms with Gasteiger partial charge in [0.2, 0.25) is 21.8 Å². The first-order valence-corrected chi connectivity index (χ1v) is 12.6. The van der Waals surface area contributed by atoms with Crippen LogP contribution in [0.3, 0.4) is 0 Å². The summed E-state index contributed by atoms with van der Waals surface area (Å²) in [5, 5.41) is 2.85. The highest BCUT2D eigenvalue weighted by Crippen LogP contribution is 2.61. The van der Waals surface area contributed by atoms with E-state index in [1.165, 1.54) is 38.5 Å². The van der Waals surface area contributed by atoms with Gasteiger partial charge in [0.05, 0.1) is 12.8 Å². The van der Waals surface area contributed by atoms with Crippen molar-refractivity contribution in [3.63, 3.8) is 0 Å². The fraction of sp³-hybridized carbons (Fsp3) is 0.900. The third-order valence-corrected chi connectivity index (χ3v) is 8.05. The molecule has 5 fully saturated rings. The quantitative estimate of drug-likeness (QED) is 0.688. The molecule has 5 aliphatic rings. The first-order chi connectivity index (χ1) is 13.2. The lowest BCUT2D eigenvalue weighted by molar-refractivity contribution is -0.136. The average Bonchev–Trinajstić information content (AvgIpc) is 2.56. The molecule has 0 aromatic carbocycles. The standard InChI is InChI=1S/C20H33N3O4S/c1-28(26,27)22-17-3-2-4-23(13-17)19(25)12-21-18(24)11-20-8-14-5-15(9-20)7-16(6-14)10-20/h14-17,22H,2-13H2,1H3,(H,21,24). The molecule has 7 nitrogen and oxygen atoms in total. The van der Waals surface area contributed by atoms with Crippen LogP contribution >= 0.6 is 0 Å². The zero-order valence-corrected chi connectivity index (χ0v) is 17.6. The van der Waals surface area contributed by atoms with Crippen molar-refractivity contribution in [2.24, 2.45) is 23.2 Å². The highest BCUT2D eigenvalue weighted by Gasteiger charge is 2.51. The third kappa shape index (κ3) is 4.70. The molecule has 4 bridgehead atoms. The minimum atomic E-state index is -3.28. The predicted octanol–water partition coefficient (Wildman–Crippen LogP) is 1.25. The molecule has 2 N–H and O–H groups in total. The Balaban J connectivity index is 1.25. The lowest BCUT2D eigenvalue weighted by atomic mass is 9.49. The summed E-state index contributed by atoms with van der Waals surface area (Å²) in [6.07, 6.45) is 10.8. The van der Waals surface area contributed by atoms with Gasteiger partial charge < -0.3 is 10.2 Å². The molecule has 0 spiro atoms. The summed E-state index contributed by atoms with van der Waals surface area (Å²) in [4.78, 5) is 26.8. The molecule has 8 heteroatoms. The normalized spacial score (nSPS) is 37.1. The molecular weight excluding hydrogens is 378 g/mol. The number of nitrogens with one attached hydrogen (secondary N) is 2. The number of carbonyl (C=O) groups excluding carboxylic acids is 2. The Morgan fingerprint density at radius 1 is 1.07 bits per heavy atom. The van der Waals surface area contributed by atoms with E-state index in [-0.39, 0.29) is 29.8 Å². The van der Waals surface area contributed by atoms with E-state index < -0.39 is 10.0 Å². The minimum absolute atomic E-state index is 0.00174. The Morgan fingerprint density at radius 3 is 2.25 bits per heavy atom. The number of carbonyl (C=O) groups is 2. The van der Waals surface area contributed by atoms with Crippen molar-refractivity contribution >= 4 is 21.8 Å². The van der Waals surface area contributed by atoms with Crippen molar-refractivity contribution in [1.82, 2.24) is 14.9 Å². The lowest BCUT2D eigenvalue weighted by Crippen LogP contribution is -2.52. The van der Waals surface area contributed by atoms with Crippen molar-refractivity contribution in [3.05, 3.63) is 0 Å². The molecule has 2 amide bonds. The number of amides is 2. The van der Waals surface area contributed by atoms with Crippen molar-refractivity contribution in [2.45, 2.75) is 63.8 Å². The molecule has 1 saturated heterocycles. The molecule has 1 heterocycles. The number of nitrogens with zero attached hydrogens (tertiary/aromatic N) is 1. The zero-order chi connectivity index (χ0) is 19.9. The molecule has 4 saturated carbocycles. The molecule has 1 atom stereocenters. The van der Waals surface area contributed by atoms with Crippen LogP contribution in [0.4, 0.5) is 0 Å². The van der Waals surface area contributed by atoms with Crippen molar-refractivity contribution in [2.75, 3.05) is 25.9 Å². The maximum Gasteiger partial charge on any atom is 0.242 e. The van der Waals surface area contributed by atoms with Gasteiger partial charge in [0.25, 0.3) is 0 Å². The molecule has 0 aromatic rings. The maximum absolute atomic E-state index is 12.6. The second kappa shape index (κ2) is 7.59. The molecule has 1 aliphatic heterocycles. The van der Waals surface area contributed by atoms with E-state index >= 15 is 0 Å². The summed E-state index contributed by atoms with van der Waals surface area (Å²) >= 11 is 0. The number of rotatable bonds is 6. The number of likely N-dealkylation sites (tertiary alicyclic amines) is 1. The van der Waals surface area contributed by atoms with E-state index in [0.717, 1.165) is 36.9 Å². The molecule has 158 valence electrons. The van der Waals surface area contributed by atoms with Crippen LogP contribution in [0, 0.1) is 23.2 Å². The molecule has 28 heavy (non-hydrogen) atoms. The van der Waals surface area contributed by atoms with Gasteiger partial charge in [-0.25, -0.2) is 13.1 Å². The zero-order valence-electron chi connectivity index (χ0n) is 16.8. The van der Waals surface area contributed by atoms with Crippen molar-refractivity contribution < 1.29 is 18.0 Å². The van der Waals surface area contributed by atoms with Crippen LogP contribution in [-0.2, 0) is 19.6 Å². The lowest BCUT2D eigenvalue weighted by Gasteiger charge is -2.56. The van der Waals surface area contributed by atoms with Crippen LogP contribution in [0.15, 0.2) is 0 Å². The van der Waals surface area contributed by atoms with E-state index in [4.69, 9.17) is 0 Å². The molecule has 0 radical (unpaired) electrons. The summed E-state index contributed by atoms with van der Waals surface area (Å²) in [6, 6.07) is -0.240. The minimum Gasteiger partial charge on any atom is -0.347 e. The van der Waals surface area contributed by atoms with E-state index in [9.17, 15) is 18.0 Å². The van der Waals surface area contributed by atoms with Crippen LogP contribution < -0.4 is 10.0 Å². The Morgan fingerprint density at radius 2 is 1.68 bits per heavy atom. The molecular formula is C20H33N3O4S. The summed E-state index contributed by atoms with van der Waals surface area (Å²) < 4.78 is 25.4. The highest BCUT2D eigenvalue weighted by atomic mass is 32.2. The molecule has 4 aliphatic carbocycles. The summed E-state index contributed by atoms with van der Waals surface area (Å²) in [7, 11) is -3.28. The molecule has 1 unspecified atom stereocenters.